The van der Waals surface area contributed by atoms with E-state index in [0.29, 0.717) is 12.4 Å². The van der Waals surface area contributed by atoms with Gasteiger partial charge in [0.15, 0.2) is 11.6 Å². The van der Waals surface area contributed by atoms with Gasteiger partial charge in [0.2, 0.25) is 0 Å². The molecule has 0 aliphatic carbocycles. The quantitative estimate of drug-likeness (QED) is 0.322. The molecule has 0 spiro atoms. The molecule has 8 nitrogen and oxygen atoms in total. The van der Waals surface area contributed by atoms with Crippen LogP contribution in [0.15, 0.2) is 73.1 Å². The monoisotopic (exact) mass is 464 g/mol. The Balaban J connectivity index is 1.34. The molecule has 35 heavy (non-hydrogen) atoms. The molecule has 0 aliphatic heterocycles. The lowest BCUT2D eigenvalue weighted by Crippen LogP contribution is -2.07. The number of hydrogen-bond donors (Lipinski definition) is 1. The lowest BCUT2D eigenvalue weighted by Gasteiger charge is -2.09. The van der Waals surface area contributed by atoms with Crippen molar-refractivity contribution in [1.82, 2.24) is 40.4 Å². The van der Waals surface area contributed by atoms with Crippen molar-refractivity contribution in [1.29, 1.82) is 0 Å². The average Bonchev–Trinajstić information content (AvgIpc) is 3.58. The molecular weight excluding hydrogens is 436 g/mol. The molecule has 0 bridgehead atoms. The van der Waals surface area contributed by atoms with Gasteiger partial charge >= 0.3 is 0 Å². The van der Waals surface area contributed by atoms with Crippen molar-refractivity contribution in [2.24, 2.45) is 0 Å². The molecule has 0 atom stereocenters. The second-order valence-corrected chi connectivity index (χ2v) is 8.56. The second-order valence-electron chi connectivity index (χ2n) is 8.56. The van der Waals surface area contributed by atoms with Crippen LogP contribution in [0.25, 0.3) is 22.5 Å². The Labute approximate surface area is 204 Å². The number of benzene rings is 2. The molecule has 0 amide bonds. The first-order valence-corrected chi connectivity index (χ1v) is 12.0. The van der Waals surface area contributed by atoms with Crippen LogP contribution in [0.4, 0.5) is 0 Å². The van der Waals surface area contributed by atoms with E-state index < -0.39 is 0 Å². The fourth-order valence-electron chi connectivity index (χ4n) is 4.15. The Bertz CT molecular complexity index is 1340. The van der Waals surface area contributed by atoms with Crippen LogP contribution in [-0.2, 0) is 25.8 Å². The minimum atomic E-state index is 0.623. The van der Waals surface area contributed by atoms with Crippen molar-refractivity contribution in [3.05, 3.63) is 95.8 Å². The Hall–Kier alpha value is -4.20. The van der Waals surface area contributed by atoms with Gasteiger partial charge in [-0.05, 0) is 46.0 Å². The molecule has 0 aliphatic rings. The van der Waals surface area contributed by atoms with Crippen LogP contribution in [0.5, 0.6) is 0 Å². The van der Waals surface area contributed by atoms with Crippen molar-refractivity contribution in [3.63, 3.8) is 0 Å². The summed E-state index contributed by atoms with van der Waals surface area (Å²) in [5.41, 5.74) is 5.44. The van der Waals surface area contributed by atoms with Gasteiger partial charge in [-0.2, -0.15) is 5.10 Å². The first kappa shape index (κ1) is 22.6. The highest BCUT2D eigenvalue weighted by Crippen LogP contribution is 2.29. The van der Waals surface area contributed by atoms with E-state index in [0.717, 1.165) is 60.4 Å². The number of aryl methyl sites for hydroxylation is 3. The topological polar surface area (TPSA) is 98.1 Å². The Morgan fingerprint density at radius 2 is 1.71 bits per heavy atom. The van der Waals surface area contributed by atoms with Gasteiger partial charge in [0.05, 0.1) is 6.54 Å². The number of rotatable bonds is 10. The molecule has 1 N–H and O–H groups in total. The Morgan fingerprint density at radius 3 is 2.49 bits per heavy atom. The molecule has 3 heterocycles. The third kappa shape index (κ3) is 5.48. The summed E-state index contributed by atoms with van der Waals surface area (Å²) in [4.78, 5) is 9.18. The summed E-state index contributed by atoms with van der Waals surface area (Å²) < 4.78 is 2.07. The van der Waals surface area contributed by atoms with Gasteiger partial charge in [-0.25, -0.2) is 14.8 Å². The maximum Gasteiger partial charge on any atom is 0.180 e. The number of nitrogens with one attached hydrogen (secondary N) is 1. The number of aromatic amines is 1. The van der Waals surface area contributed by atoms with Crippen LogP contribution < -0.4 is 0 Å². The summed E-state index contributed by atoms with van der Waals surface area (Å²) >= 11 is 0. The lowest BCUT2D eigenvalue weighted by molar-refractivity contribution is 0.613. The second kappa shape index (κ2) is 10.8. The summed E-state index contributed by atoms with van der Waals surface area (Å²) in [6.45, 7) is 2.90. The van der Waals surface area contributed by atoms with Gasteiger partial charge < -0.3 is 0 Å². The van der Waals surface area contributed by atoms with E-state index in [2.05, 4.69) is 85.7 Å². The molecule has 0 unspecified atom stereocenters. The first-order chi connectivity index (χ1) is 17.3. The predicted octanol–water partition coefficient (Wildman–Crippen LogP) is 4.70. The molecule has 8 heteroatoms. The number of hydrogen-bond acceptors (Lipinski definition) is 6. The van der Waals surface area contributed by atoms with Crippen LogP contribution >= 0.6 is 0 Å². The summed E-state index contributed by atoms with van der Waals surface area (Å²) in [7, 11) is 0. The van der Waals surface area contributed by atoms with Crippen LogP contribution in [-0.4, -0.2) is 40.4 Å². The maximum absolute atomic E-state index is 4.89. The Kier molecular flexibility index (Phi) is 6.98. The SMILES string of the molecule is CCCCc1nc(CCc2ccccc2)nn1Cc1ccc(-c2cnccc2-c2nnn[nH]2)cc1. The highest BCUT2D eigenvalue weighted by atomic mass is 15.5. The molecule has 0 radical (unpaired) electrons. The van der Waals surface area contributed by atoms with E-state index in [-0.39, 0.29) is 0 Å². The van der Waals surface area contributed by atoms with Gasteiger partial charge in [-0.3, -0.25) is 4.98 Å². The number of aromatic nitrogens is 8. The van der Waals surface area contributed by atoms with Gasteiger partial charge in [-0.1, -0.05) is 67.9 Å². The lowest BCUT2D eigenvalue weighted by atomic mass is 10.0. The third-order valence-electron chi connectivity index (χ3n) is 6.05. The standard InChI is InChI=1S/C27H28N8/c1-2-3-9-26-29-25(15-12-20-7-5-4-6-8-20)32-35(26)19-21-10-13-22(14-11-21)24-18-28-17-16-23(24)27-30-33-34-31-27/h4-8,10-11,13-14,16-18H,2-3,9,12,15,19H2,1H3,(H,30,31,33,34). The number of pyridine rings is 1. The smallest absolute Gasteiger partial charge is 0.180 e. The third-order valence-corrected chi connectivity index (χ3v) is 6.05. The largest absolute Gasteiger partial charge is 0.264 e. The fraction of sp³-hybridized carbons (Fsp3) is 0.259. The molecule has 5 rings (SSSR count). The maximum atomic E-state index is 4.89. The van der Waals surface area contributed by atoms with E-state index in [1.54, 1.807) is 6.20 Å². The van der Waals surface area contributed by atoms with E-state index in [4.69, 9.17) is 10.1 Å². The Morgan fingerprint density at radius 1 is 0.857 bits per heavy atom. The molecule has 2 aromatic carbocycles. The van der Waals surface area contributed by atoms with Gasteiger partial charge in [0.1, 0.15) is 5.82 Å². The van der Waals surface area contributed by atoms with Crippen molar-refractivity contribution in [2.75, 3.05) is 0 Å². The fourth-order valence-corrected chi connectivity index (χ4v) is 4.15. The summed E-state index contributed by atoms with van der Waals surface area (Å²) in [6, 6.07) is 20.9. The van der Waals surface area contributed by atoms with Crippen LogP contribution in [0.2, 0.25) is 0 Å². The summed E-state index contributed by atoms with van der Waals surface area (Å²) in [5.74, 6) is 2.60. The highest BCUT2D eigenvalue weighted by Gasteiger charge is 2.13. The average molecular weight is 465 g/mol. The van der Waals surface area contributed by atoms with Crippen molar-refractivity contribution < 1.29 is 0 Å². The number of H-pyrrole nitrogens is 1. The number of tetrazole rings is 1. The number of nitrogens with zero attached hydrogens (tertiary/aromatic N) is 7. The van der Waals surface area contributed by atoms with Crippen LogP contribution in [0.3, 0.4) is 0 Å². The first-order valence-electron chi connectivity index (χ1n) is 12.0. The van der Waals surface area contributed by atoms with Crippen molar-refractivity contribution >= 4 is 0 Å². The zero-order valence-electron chi connectivity index (χ0n) is 19.8. The predicted molar refractivity (Wildman–Crippen MR) is 134 cm³/mol. The van der Waals surface area contributed by atoms with Gasteiger partial charge in [0.25, 0.3) is 0 Å². The minimum absolute atomic E-state index is 0.623. The molecule has 0 fully saturated rings. The van der Waals surface area contributed by atoms with Gasteiger partial charge in [0, 0.05) is 36.4 Å². The molecule has 3 aromatic heterocycles. The molecule has 0 saturated heterocycles. The van der Waals surface area contributed by atoms with Gasteiger partial charge in [-0.15, -0.1) is 5.10 Å². The molecule has 5 aromatic rings. The van der Waals surface area contributed by atoms with Crippen LogP contribution in [0.1, 0.15) is 42.5 Å². The molecule has 176 valence electrons. The van der Waals surface area contributed by atoms with Crippen molar-refractivity contribution in [3.8, 4) is 22.5 Å². The summed E-state index contributed by atoms with van der Waals surface area (Å²) in [5, 5.41) is 19.2. The zero-order valence-corrected chi connectivity index (χ0v) is 19.8. The normalized spacial score (nSPS) is 11.1. The van der Waals surface area contributed by atoms with E-state index in [1.165, 1.54) is 11.1 Å². The highest BCUT2D eigenvalue weighted by molar-refractivity contribution is 5.79. The zero-order chi connectivity index (χ0) is 23.9. The minimum Gasteiger partial charge on any atom is -0.264 e. The number of unbranched alkanes of at least 4 members (excludes halogenated alkanes) is 1. The van der Waals surface area contributed by atoms with Crippen LogP contribution in [0, 0.1) is 0 Å². The molecular formula is C27H28N8. The molecule has 0 saturated carbocycles. The van der Waals surface area contributed by atoms with E-state index >= 15 is 0 Å². The van der Waals surface area contributed by atoms with E-state index in [1.807, 2.05) is 18.3 Å². The summed E-state index contributed by atoms with van der Waals surface area (Å²) in [6.07, 6.45) is 8.55. The van der Waals surface area contributed by atoms with E-state index in [9.17, 15) is 0 Å². The van der Waals surface area contributed by atoms with Crippen molar-refractivity contribution in [2.45, 2.75) is 45.6 Å².